The fourth-order valence-electron chi connectivity index (χ4n) is 6.06. The number of fused-ring (bicyclic) bond motifs is 1. The molecule has 3 rings (SSSR count). The molecule has 1 aliphatic heterocycles. The monoisotopic (exact) mass is 638 g/mol. The molecule has 12 nitrogen and oxygen atoms in total. The third-order valence-electron chi connectivity index (χ3n) is 8.64. The zero-order valence-electron chi connectivity index (χ0n) is 28.3. The lowest BCUT2D eigenvalue weighted by Crippen LogP contribution is -2.62. The van der Waals surface area contributed by atoms with E-state index >= 15 is 0 Å². The average molecular weight is 639 g/mol. The van der Waals surface area contributed by atoms with Gasteiger partial charge in [-0.1, -0.05) is 71.0 Å². The van der Waals surface area contributed by atoms with E-state index in [4.69, 9.17) is 0 Å². The number of Topliss-reactive ketones (excluding diaryl/α,β-unsaturated/α-hetero) is 1. The largest absolute Gasteiger partial charge is 0.350 e. The molecule has 5 atom stereocenters. The van der Waals surface area contributed by atoms with Gasteiger partial charge in [-0.3, -0.25) is 24.0 Å². The number of benzene rings is 1. The number of rotatable bonds is 12. The topological polar surface area (TPSA) is 166 Å². The van der Waals surface area contributed by atoms with Crippen LogP contribution in [-0.4, -0.2) is 77.1 Å². The molecule has 0 radical (unpaired) electrons. The highest BCUT2D eigenvalue weighted by molar-refractivity contribution is 6.38. The van der Waals surface area contributed by atoms with Gasteiger partial charge in [0.15, 0.2) is 0 Å². The van der Waals surface area contributed by atoms with Crippen molar-refractivity contribution in [3.63, 3.8) is 0 Å². The molecule has 1 heterocycles. The summed E-state index contributed by atoms with van der Waals surface area (Å²) in [6.45, 7) is 18.9. The molecular weight excluding hydrogens is 588 g/mol. The van der Waals surface area contributed by atoms with Crippen molar-refractivity contribution >= 4 is 35.4 Å². The van der Waals surface area contributed by atoms with Crippen LogP contribution in [0.1, 0.15) is 67.4 Å². The smallest absolute Gasteiger partial charge is 0.315 e. The molecule has 1 aromatic carbocycles. The van der Waals surface area contributed by atoms with Crippen LogP contribution in [0.5, 0.6) is 0 Å². The number of carbonyl (C=O) groups is 6. The number of nitrogens with one attached hydrogen (secondary N) is 5. The Hall–Kier alpha value is -4.22. The Kier molecular flexibility index (Phi) is 11.1. The highest BCUT2D eigenvalue weighted by Crippen LogP contribution is 2.65. The first kappa shape index (κ1) is 36.3. The summed E-state index contributed by atoms with van der Waals surface area (Å²) in [7, 11) is 0. The fraction of sp³-hybridized carbons (Fsp3) is 0.588. The van der Waals surface area contributed by atoms with Crippen molar-refractivity contribution in [1.29, 1.82) is 0 Å². The number of ketones is 1. The van der Waals surface area contributed by atoms with Crippen molar-refractivity contribution in [3.05, 3.63) is 48.6 Å². The lowest BCUT2D eigenvalue weighted by molar-refractivity contribution is -0.145. The molecule has 1 saturated heterocycles. The Balaban J connectivity index is 1.70. The van der Waals surface area contributed by atoms with Crippen molar-refractivity contribution in [3.8, 4) is 0 Å². The zero-order chi connectivity index (χ0) is 34.6. The number of piperidine rings is 1. The second-order valence-corrected chi connectivity index (χ2v) is 14.9. The van der Waals surface area contributed by atoms with E-state index in [-0.39, 0.29) is 30.2 Å². The van der Waals surface area contributed by atoms with Crippen molar-refractivity contribution in [2.75, 3.05) is 13.1 Å². The van der Waals surface area contributed by atoms with Crippen LogP contribution in [0.25, 0.3) is 0 Å². The van der Waals surface area contributed by atoms with Gasteiger partial charge in [0.05, 0.1) is 6.54 Å². The molecule has 252 valence electrons. The SMILES string of the molecule is C=CCC(NC(=O)[C@@H]1C2[C@H](CN1C(=O)[C@@H](NC(=O)NC(C)(C)C)C(C)(C)C)C2(C)C)C(=O)C(=O)NCC(=O)NCc1ccccc1. The minimum Gasteiger partial charge on any atom is -0.350 e. The Morgan fingerprint density at radius 3 is 2.17 bits per heavy atom. The van der Waals surface area contributed by atoms with Crippen molar-refractivity contribution in [2.24, 2.45) is 22.7 Å². The summed E-state index contributed by atoms with van der Waals surface area (Å²) < 4.78 is 0. The van der Waals surface area contributed by atoms with Crippen LogP contribution in [0.15, 0.2) is 43.0 Å². The Morgan fingerprint density at radius 1 is 0.978 bits per heavy atom. The van der Waals surface area contributed by atoms with Gasteiger partial charge < -0.3 is 31.5 Å². The maximum absolute atomic E-state index is 14.1. The number of nitrogens with zero attached hydrogens (tertiary/aromatic N) is 1. The number of carbonyl (C=O) groups excluding carboxylic acids is 6. The normalized spacial score (nSPS) is 21.1. The molecule has 0 spiro atoms. The number of hydrogen-bond donors (Lipinski definition) is 5. The van der Waals surface area contributed by atoms with Crippen LogP contribution in [-0.2, 0) is 30.5 Å². The highest BCUT2D eigenvalue weighted by Gasteiger charge is 2.69. The molecule has 46 heavy (non-hydrogen) atoms. The Morgan fingerprint density at radius 2 is 1.61 bits per heavy atom. The molecule has 2 fully saturated rings. The van der Waals surface area contributed by atoms with E-state index in [1.54, 1.807) is 0 Å². The number of urea groups is 1. The summed E-state index contributed by atoms with van der Waals surface area (Å²) in [4.78, 5) is 80.4. The predicted octanol–water partition coefficient (Wildman–Crippen LogP) is 2.04. The first-order valence-corrected chi connectivity index (χ1v) is 15.7. The van der Waals surface area contributed by atoms with Gasteiger partial charge in [-0.25, -0.2) is 4.79 Å². The predicted molar refractivity (Wildman–Crippen MR) is 174 cm³/mol. The van der Waals surface area contributed by atoms with Crippen LogP contribution in [0.4, 0.5) is 4.79 Å². The molecule has 12 heteroatoms. The van der Waals surface area contributed by atoms with E-state index in [1.807, 2.05) is 85.7 Å². The number of hydrogen-bond acceptors (Lipinski definition) is 6. The fourth-order valence-corrected chi connectivity index (χ4v) is 6.06. The van der Waals surface area contributed by atoms with E-state index in [1.165, 1.54) is 11.0 Å². The summed E-state index contributed by atoms with van der Waals surface area (Å²) >= 11 is 0. The second kappa shape index (κ2) is 14.0. The van der Waals surface area contributed by atoms with Gasteiger partial charge >= 0.3 is 6.03 Å². The maximum atomic E-state index is 14.1. The van der Waals surface area contributed by atoms with Gasteiger partial charge in [0.1, 0.15) is 18.1 Å². The summed E-state index contributed by atoms with van der Waals surface area (Å²) in [5, 5.41) is 13.3. The second-order valence-electron chi connectivity index (χ2n) is 14.9. The minimum absolute atomic E-state index is 0.0322. The standard InChI is InChI=1S/C34H50N6O6/c1-10-14-22(26(42)29(44)36-18-23(41)35-17-20-15-12-11-13-16-20)37-28(43)25-24-21(34(24,8)9)19-40(25)30(45)27(32(2,3)4)38-31(46)39-33(5,6)7/h10-13,15-16,21-22,24-25,27H,1,14,17-19H2,2-9H3,(H,35,41)(H,36,44)(H,37,43)(H2,38,39,46)/t21-,22?,24?,25-,27+/m0/s1. The zero-order valence-corrected chi connectivity index (χ0v) is 28.3. The van der Waals surface area contributed by atoms with Gasteiger partial charge in [-0.05, 0) is 55.4 Å². The maximum Gasteiger partial charge on any atom is 0.315 e. The Labute approximate surface area is 271 Å². The summed E-state index contributed by atoms with van der Waals surface area (Å²) in [5.41, 5.74) is -0.537. The van der Waals surface area contributed by atoms with Crippen molar-refractivity contribution < 1.29 is 28.8 Å². The highest BCUT2D eigenvalue weighted by atomic mass is 16.2. The van der Waals surface area contributed by atoms with Crippen molar-refractivity contribution in [1.82, 2.24) is 31.5 Å². The molecule has 5 N–H and O–H groups in total. The van der Waals surface area contributed by atoms with Crippen molar-refractivity contribution in [2.45, 2.75) is 92.0 Å². The van der Waals surface area contributed by atoms with Gasteiger partial charge in [0.25, 0.3) is 5.91 Å². The lowest BCUT2D eigenvalue weighted by atomic mass is 9.85. The van der Waals surface area contributed by atoms with Crippen LogP contribution < -0.4 is 26.6 Å². The van der Waals surface area contributed by atoms with Gasteiger partial charge in [-0.2, -0.15) is 0 Å². The first-order valence-electron chi connectivity index (χ1n) is 15.7. The summed E-state index contributed by atoms with van der Waals surface area (Å²) in [6, 6.07) is 5.65. The third-order valence-corrected chi connectivity index (χ3v) is 8.64. The Bertz CT molecular complexity index is 1350. The molecule has 1 aliphatic carbocycles. The summed E-state index contributed by atoms with van der Waals surface area (Å²) in [5.74, 6) is -3.50. The van der Waals surface area contributed by atoms with E-state index < -0.39 is 71.1 Å². The van der Waals surface area contributed by atoms with Gasteiger partial charge in [0.2, 0.25) is 23.5 Å². The average Bonchev–Trinajstić information content (AvgIpc) is 3.27. The van der Waals surface area contributed by atoms with Gasteiger partial charge in [0, 0.05) is 18.6 Å². The molecular formula is C34H50N6O6. The van der Waals surface area contributed by atoms with Crippen LogP contribution in [0.2, 0.25) is 0 Å². The minimum atomic E-state index is -1.25. The third kappa shape index (κ3) is 8.95. The molecule has 2 unspecified atom stereocenters. The van der Waals surface area contributed by atoms with Crippen LogP contribution >= 0.6 is 0 Å². The van der Waals surface area contributed by atoms with Gasteiger partial charge in [-0.15, -0.1) is 6.58 Å². The van der Waals surface area contributed by atoms with Crippen LogP contribution in [0.3, 0.4) is 0 Å². The number of amides is 6. The lowest BCUT2D eigenvalue weighted by Gasteiger charge is -2.38. The molecule has 1 saturated carbocycles. The first-order chi connectivity index (χ1) is 21.3. The molecule has 1 aromatic rings. The summed E-state index contributed by atoms with van der Waals surface area (Å²) in [6.07, 6.45) is 1.38. The number of likely N-dealkylation sites (tertiary alicyclic amines) is 1. The quantitative estimate of drug-likeness (QED) is 0.174. The van der Waals surface area contributed by atoms with E-state index in [2.05, 4.69) is 33.2 Å². The molecule has 2 aliphatic rings. The van der Waals surface area contributed by atoms with E-state index in [0.29, 0.717) is 6.54 Å². The molecule has 0 aromatic heterocycles. The molecule has 6 amide bonds. The van der Waals surface area contributed by atoms with E-state index in [0.717, 1.165) is 5.56 Å². The van der Waals surface area contributed by atoms with E-state index in [9.17, 15) is 28.8 Å². The molecule has 0 bridgehead atoms. The van der Waals surface area contributed by atoms with Crippen LogP contribution in [0, 0.1) is 22.7 Å².